The first-order chi connectivity index (χ1) is 10.6. The van der Waals surface area contributed by atoms with Crippen LogP contribution in [0.25, 0.3) is 0 Å². The molecule has 1 aliphatic rings. The van der Waals surface area contributed by atoms with E-state index in [9.17, 15) is 13.2 Å². The van der Waals surface area contributed by atoms with E-state index in [1.54, 1.807) is 24.3 Å². The number of rotatable bonds is 7. The summed E-state index contributed by atoms with van der Waals surface area (Å²) in [6.45, 7) is 0.649. The number of carbonyl (C=O) groups excluding carboxylic acids is 1. The Morgan fingerprint density at radius 2 is 2.14 bits per heavy atom. The van der Waals surface area contributed by atoms with Gasteiger partial charge in [0.15, 0.2) is 0 Å². The van der Waals surface area contributed by atoms with Crippen molar-refractivity contribution in [1.82, 2.24) is 0 Å². The molecule has 1 aromatic rings. The minimum absolute atomic E-state index is 0.248. The Morgan fingerprint density at radius 1 is 1.36 bits per heavy atom. The van der Waals surface area contributed by atoms with Crippen LogP contribution in [0.2, 0.25) is 5.02 Å². The zero-order chi connectivity index (χ0) is 15.9. The van der Waals surface area contributed by atoms with Crippen molar-refractivity contribution >= 4 is 34.7 Å². The zero-order valence-electron chi connectivity index (χ0n) is 12.0. The van der Waals surface area contributed by atoms with Gasteiger partial charge in [-0.1, -0.05) is 29.8 Å². The van der Waals surface area contributed by atoms with Crippen LogP contribution >= 0.6 is 11.6 Å². The fourth-order valence-corrected chi connectivity index (χ4v) is 3.83. The van der Waals surface area contributed by atoms with Crippen molar-refractivity contribution in [2.24, 2.45) is 0 Å². The fraction of sp³-hybridized carbons (Fsp3) is 0.400. The number of benzene rings is 1. The van der Waals surface area contributed by atoms with Gasteiger partial charge < -0.3 is 4.74 Å². The third kappa shape index (κ3) is 4.01. The number of para-hydroxylation sites is 1. The number of nitrogens with zero attached hydrogens (tertiary/aromatic N) is 1. The molecule has 1 atom stereocenters. The Labute approximate surface area is 136 Å². The third-order valence-electron chi connectivity index (χ3n) is 3.66. The summed E-state index contributed by atoms with van der Waals surface area (Å²) in [5.41, 5.74) is 1.45. The molecule has 0 heterocycles. The molecule has 5 nitrogen and oxygen atoms in total. The highest BCUT2D eigenvalue weighted by Crippen LogP contribution is 2.33. The lowest BCUT2D eigenvalue weighted by Gasteiger charge is -2.33. The summed E-state index contributed by atoms with van der Waals surface area (Å²) in [6, 6.07) is 6.61. The maximum absolute atomic E-state index is 11.8. The van der Waals surface area contributed by atoms with Gasteiger partial charge >= 0.3 is 0 Å². The Kier molecular flexibility index (Phi) is 6.27. The van der Waals surface area contributed by atoms with Crippen molar-refractivity contribution in [3.05, 3.63) is 40.9 Å². The van der Waals surface area contributed by atoms with E-state index in [1.165, 1.54) is 4.31 Å². The lowest BCUT2D eigenvalue weighted by molar-refractivity contribution is -0.128. The second-order valence-electron chi connectivity index (χ2n) is 4.98. The van der Waals surface area contributed by atoms with Crippen LogP contribution in [0, 0.1) is 0 Å². The second-order valence-corrected chi connectivity index (χ2v) is 6.29. The third-order valence-corrected chi connectivity index (χ3v) is 4.83. The van der Waals surface area contributed by atoms with Gasteiger partial charge in [-0.25, -0.2) is 8.42 Å². The minimum atomic E-state index is -2.83. The molecule has 22 heavy (non-hydrogen) atoms. The number of hydrogen-bond acceptors (Lipinski definition) is 4. The first-order valence-corrected chi connectivity index (χ1v) is 8.58. The van der Waals surface area contributed by atoms with Crippen LogP contribution in [0.15, 0.2) is 35.9 Å². The van der Waals surface area contributed by atoms with Crippen molar-refractivity contribution in [2.75, 3.05) is 10.9 Å². The van der Waals surface area contributed by atoms with E-state index in [0.717, 1.165) is 24.8 Å². The summed E-state index contributed by atoms with van der Waals surface area (Å²) in [7, 11) is -2.83. The summed E-state index contributed by atoms with van der Waals surface area (Å²) in [5, 5.41) is 0.399. The first-order valence-electron chi connectivity index (χ1n) is 7.07. The quantitative estimate of drug-likeness (QED) is 0.358. The van der Waals surface area contributed by atoms with E-state index in [4.69, 9.17) is 16.3 Å². The zero-order valence-corrected chi connectivity index (χ0v) is 13.6. The predicted octanol–water partition coefficient (Wildman–Crippen LogP) is 2.71. The van der Waals surface area contributed by atoms with Crippen LogP contribution < -0.4 is 4.31 Å². The average Bonchev–Trinajstić information content (AvgIpc) is 2.51. The molecular weight excluding hydrogens is 326 g/mol. The molecular formula is C15H18ClNO4S. The van der Waals surface area contributed by atoms with Gasteiger partial charge in [0.1, 0.15) is 0 Å². The largest absolute Gasteiger partial charge is 0.468 e. The molecule has 0 saturated carbocycles. The fourth-order valence-electron chi connectivity index (χ4n) is 2.70. The number of carbonyl (C=O) groups is 1. The van der Waals surface area contributed by atoms with Gasteiger partial charge in [-0.05, 0) is 37.0 Å². The van der Waals surface area contributed by atoms with E-state index in [-0.39, 0.29) is 12.6 Å². The molecule has 0 spiro atoms. The van der Waals surface area contributed by atoms with E-state index in [2.05, 4.69) is 0 Å². The van der Waals surface area contributed by atoms with Gasteiger partial charge in [0, 0.05) is 6.42 Å². The van der Waals surface area contributed by atoms with E-state index >= 15 is 0 Å². The molecule has 0 N–H and O–H groups in total. The van der Waals surface area contributed by atoms with E-state index in [0.29, 0.717) is 23.6 Å². The van der Waals surface area contributed by atoms with Crippen LogP contribution in [0.3, 0.4) is 0 Å². The van der Waals surface area contributed by atoms with Crippen LogP contribution in [-0.2, 0) is 20.4 Å². The highest BCUT2D eigenvalue weighted by atomic mass is 35.5. The van der Waals surface area contributed by atoms with Gasteiger partial charge in [0.25, 0.3) is 6.47 Å². The molecule has 0 amide bonds. The van der Waals surface area contributed by atoms with Gasteiger partial charge in [-0.15, -0.1) is 0 Å². The second kappa shape index (κ2) is 8.19. The normalized spacial score (nSPS) is 17.9. The SMILES string of the molecule is O=COCCC1=CCCCC1N(c1ccccc1Cl)[SH](=O)=O. The summed E-state index contributed by atoms with van der Waals surface area (Å²) >= 11 is 6.16. The Morgan fingerprint density at radius 3 is 2.82 bits per heavy atom. The molecule has 120 valence electrons. The van der Waals surface area contributed by atoms with Crippen LogP contribution in [0.4, 0.5) is 5.69 Å². The number of hydrogen-bond donors (Lipinski definition) is 1. The van der Waals surface area contributed by atoms with Crippen molar-refractivity contribution in [1.29, 1.82) is 0 Å². The summed E-state index contributed by atoms with van der Waals surface area (Å²) < 4.78 is 29.7. The molecule has 2 rings (SSSR count). The average molecular weight is 344 g/mol. The molecule has 0 aliphatic heterocycles. The van der Waals surface area contributed by atoms with Gasteiger partial charge in [-0.2, -0.15) is 0 Å². The summed E-state index contributed by atoms with van der Waals surface area (Å²) in [5.74, 6) is 0. The lowest BCUT2D eigenvalue weighted by atomic mass is 9.92. The standard InChI is InChI=1S/C15H18ClNO4S/c16-13-6-2-4-8-15(13)17(22(19)20)14-7-3-1-5-12(14)9-10-21-11-18/h2,4-6,8,11,14,22H,1,3,7,9-10H2. The predicted molar refractivity (Wildman–Crippen MR) is 86.6 cm³/mol. The Balaban J connectivity index is 2.30. The molecule has 0 saturated heterocycles. The van der Waals surface area contributed by atoms with E-state index in [1.807, 2.05) is 6.08 Å². The topological polar surface area (TPSA) is 63.7 Å². The van der Waals surface area contributed by atoms with Gasteiger partial charge in [0.2, 0.25) is 10.9 Å². The van der Waals surface area contributed by atoms with Crippen LogP contribution in [0.1, 0.15) is 25.7 Å². The van der Waals surface area contributed by atoms with Crippen molar-refractivity contribution in [3.8, 4) is 0 Å². The highest BCUT2D eigenvalue weighted by Gasteiger charge is 2.27. The molecule has 0 radical (unpaired) electrons. The Hall–Kier alpha value is -1.53. The number of allylic oxidation sites excluding steroid dienone is 1. The van der Waals surface area contributed by atoms with Crippen LogP contribution in [0.5, 0.6) is 0 Å². The number of thiol groups is 1. The molecule has 1 aliphatic carbocycles. The monoisotopic (exact) mass is 343 g/mol. The number of halogens is 1. The molecule has 0 bridgehead atoms. The van der Waals surface area contributed by atoms with Gasteiger partial charge in [0.05, 0.1) is 23.4 Å². The summed E-state index contributed by atoms with van der Waals surface area (Å²) in [6.07, 6.45) is 5.09. The first kappa shape index (κ1) is 16.8. The smallest absolute Gasteiger partial charge is 0.293 e. The highest BCUT2D eigenvalue weighted by molar-refractivity contribution is 7.74. The van der Waals surface area contributed by atoms with Crippen LogP contribution in [-0.4, -0.2) is 27.5 Å². The molecule has 0 aromatic heterocycles. The van der Waals surface area contributed by atoms with Crippen molar-refractivity contribution in [3.63, 3.8) is 0 Å². The maximum Gasteiger partial charge on any atom is 0.293 e. The number of ether oxygens (including phenoxy) is 1. The Bertz CT molecular complexity index is 622. The van der Waals surface area contributed by atoms with Gasteiger partial charge in [-0.3, -0.25) is 9.10 Å². The minimum Gasteiger partial charge on any atom is -0.468 e. The summed E-state index contributed by atoms with van der Waals surface area (Å²) in [4.78, 5) is 10.3. The molecule has 7 heteroatoms. The van der Waals surface area contributed by atoms with Crippen molar-refractivity contribution in [2.45, 2.75) is 31.7 Å². The van der Waals surface area contributed by atoms with Crippen molar-refractivity contribution < 1.29 is 17.9 Å². The molecule has 0 fully saturated rings. The number of anilines is 1. The molecule has 1 unspecified atom stereocenters. The maximum atomic E-state index is 11.8. The molecule has 1 aromatic carbocycles. The lowest BCUT2D eigenvalue weighted by Crippen LogP contribution is -2.37. The van der Waals surface area contributed by atoms with E-state index < -0.39 is 10.9 Å².